The monoisotopic (exact) mass is 565 g/mol. The number of carbonyl (C=O) groups excluding carboxylic acids is 4. The number of aromatic nitrogens is 1. The first-order chi connectivity index (χ1) is 18.1. The van der Waals surface area contributed by atoms with Gasteiger partial charge in [-0.1, -0.05) is 5.16 Å². The zero-order valence-corrected chi connectivity index (χ0v) is 22.1. The van der Waals surface area contributed by atoms with Crippen molar-refractivity contribution in [1.82, 2.24) is 15.2 Å². The molecule has 2 bridgehead atoms. The van der Waals surface area contributed by atoms with Crippen molar-refractivity contribution in [3.05, 3.63) is 22.3 Å². The van der Waals surface area contributed by atoms with Gasteiger partial charge in [-0.25, -0.2) is 9.78 Å². The molecule has 16 heteroatoms. The number of primary amides is 1. The Morgan fingerprint density at radius 3 is 2.68 bits per heavy atom. The van der Waals surface area contributed by atoms with E-state index in [0.29, 0.717) is 28.9 Å². The van der Waals surface area contributed by atoms with Crippen molar-refractivity contribution in [2.45, 2.75) is 30.4 Å². The van der Waals surface area contributed by atoms with Crippen LogP contribution in [0.15, 0.2) is 21.8 Å². The van der Waals surface area contributed by atoms with Crippen molar-refractivity contribution in [3.63, 3.8) is 0 Å². The summed E-state index contributed by atoms with van der Waals surface area (Å²) in [6, 6.07) is -0.965. The van der Waals surface area contributed by atoms with Crippen molar-refractivity contribution < 1.29 is 38.3 Å². The highest BCUT2D eigenvalue weighted by atomic mass is 32.2. The second-order valence-electron chi connectivity index (χ2n) is 9.74. The van der Waals surface area contributed by atoms with Crippen LogP contribution in [0.1, 0.15) is 18.5 Å². The van der Waals surface area contributed by atoms with E-state index in [2.05, 4.69) is 15.5 Å². The van der Waals surface area contributed by atoms with E-state index in [1.807, 2.05) is 0 Å². The molecule has 4 saturated heterocycles. The summed E-state index contributed by atoms with van der Waals surface area (Å²) in [6.07, 6.45) is 0.555. The number of amides is 3. The van der Waals surface area contributed by atoms with E-state index in [-0.39, 0.29) is 34.3 Å². The highest BCUT2D eigenvalue weighted by molar-refractivity contribution is 8.00. The zero-order chi connectivity index (χ0) is 27.2. The number of hydrogen-bond donors (Lipinski definition) is 3. The molecule has 1 unspecified atom stereocenters. The van der Waals surface area contributed by atoms with Gasteiger partial charge in [0.2, 0.25) is 0 Å². The molecular formula is C22H27N7O7S2. The minimum atomic E-state index is -1.45. The maximum atomic E-state index is 13.1. The zero-order valence-electron chi connectivity index (χ0n) is 20.5. The van der Waals surface area contributed by atoms with Crippen molar-refractivity contribution in [2.75, 3.05) is 44.8 Å². The summed E-state index contributed by atoms with van der Waals surface area (Å²) in [5.41, 5.74) is 11.4. The standard InChI is InChI=1S/C22H27N7O7S2/c1-35-27-14(12-9-38-21(23)25-12)17(30)26-15-18(31)28-16(20(32)33)11(8-37-19(15)28)6-29-4-2-10(3-5-29)13(7-29)36-22(24)34/h9-10,13,15,19H,2-8H2,1H3,(H5-,23,24,25,26,30,32,33,34)/b27-14-/t10?,13?,15-,19-,29?/m1/s1. The molecule has 0 spiro atoms. The van der Waals surface area contributed by atoms with Gasteiger partial charge in [-0.2, -0.15) is 0 Å². The summed E-state index contributed by atoms with van der Waals surface area (Å²) >= 11 is 2.48. The van der Waals surface area contributed by atoms with Gasteiger partial charge in [0, 0.05) is 35.5 Å². The highest BCUT2D eigenvalue weighted by Crippen LogP contribution is 2.43. The predicted octanol–water partition coefficient (Wildman–Crippen LogP) is -1.82. The van der Waals surface area contributed by atoms with Crippen molar-refractivity contribution in [3.8, 4) is 0 Å². The van der Waals surface area contributed by atoms with Gasteiger partial charge in [-0.3, -0.25) is 14.5 Å². The number of hydrogen-bond acceptors (Lipinski definition) is 12. The summed E-state index contributed by atoms with van der Waals surface area (Å²) < 4.78 is 5.90. The molecule has 3 atom stereocenters. The Bertz CT molecular complexity index is 1240. The van der Waals surface area contributed by atoms with Gasteiger partial charge >= 0.3 is 6.09 Å². The number of β-lactam (4-membered cyclic amide) rings is 1. The van der Waals surface area contributed by atoms with E-state index in [9.17, 15) is 24.3 Å². The molecule has 38 heavy (non-hydrogen) atoms. The summed E-state index contributed by atoms with van der Waals surface area (Å²) in [7, 11) is 1.27. The molecule has 3 amide bonds. The molecule has 1 aromatic heterocycles. The lowest BCUT2D eigenvalue weighted by molar-refractivity contribution is -0.942. The Hall–Kier alpha value is -3.37. The van der Waals surface area contributed by atoms with Crippen LogP contribution < -0.4 is 21.9 Å². The molecule has 0 aromatic carbocycles. The molecule has 5 aliphatic heterocycles. The number of nitrogens with one attached hydrogen (secondary N) is 1. The molecule has 4 fully saturated rings. The van der Waals surface area contributed by atoms with Crippen LogP contribution >= 0.6 is 23.1 Å². The largest absolute Gasteiger partial charge is 0.543 e. The predicted molar refractivity (Wildman–Crippen MR) is 134 cm³/mol. The first-order valence-corrected chi connectivity index (χ1v) is 13.9. The fourth-order valence-corrected chi connectivity index (χ4v) is 7.71. The van der Waals surface area contributed by atoms with Crippen LogP contribution in [0.25, 0.3) is 0 Å². The van der Waals surface area contributed by atoms with E-state index in [0.717, 1.165) is 37.3 Å². The molecule has 0 radical (unpaired) electrons. The lowest BCUT2D eigenvalue weighted by Crippen LogP contribution is -2.72. The third-order valence-corrected chi connectivity index (χ3v) is 9.54. The van der Waals surface area contributed by atoms with Crippen LogP contribution in [-0.2, 0) is 24.0 Å². The highest BCUT2D eigenvalue weighted by Gasteiger charge is 2.55. The Morgan fingerprint density at radius 2 is 2.08 bits per heavy atom. The number of nitrogen functional groups attached to an aromatic ring is 1. The molecule has 0 saturated carbocycles. The number of aliphatic carboxylic acids is 1. The Kier molecular flexibility index (Phi) is 6.96. The number of anilines is 1. The van der Waals surface area contributed by atoms with Gasteiger partial charge in [0.25, 0.3) is 11.8 Å². The lowest BCUT2D eigenvalue weighted by atomic mass is 9.82. The summed E-state index contributed by atoms with van der Waals surface area (Å²) in [4.78, 5) is 59.7. The number of thioether (sulfide) groups is 1. The maximum Gasteiger partial charge on any atom is 0.404 e. The third kappa shape index (κ3) is 4.67. The van der Waals surface area contributed by atoms with Crippen molar-refractivity contribution >= 4 is 57.8 Å². The van der Waals surface area contributed by atoms with E-state index in [1.54, 1.807) is 0 Å². The number of thiazole rings is 1. The lowest BCUT2D eigenvalue weighted by Gasteiger charge is -2.54. The number of carbonyl (C=O) groups is 4. The van der Waals surface area contributed by atoms with Crippen molar-refractivity contribution in [1.29, 1.82) is 0 Å². The fourth-order valence-electron chi connectivity index (χ4n) is 5.83. The SMILES string of the molecule is CO/N=C(\C(=O)N[C@@H]1C(=O)N2C(C(=O)[O-])=C(C[N+]34CCC(CC3)C(OC(N)=O)C4)CS[C@H]12)c1csc(N)n1. The first-order valence-electron chi connectivity index (χ1n) is 11.9. The van der Waals surface area contributed by atoms with Crippen LogP contribution in [0.4, 0.5) is 9.93 Å². The van der Waals surface area contributed by atoms with E-state index >= 15 is 0 Å². The van der Waals surface area contributed by atoms with Gasteiger partial charge in [-0.15, -0.1) is 23.1 Å². The Labute approximate surface area is 225 Å². The number of fused-ring (bicyclic) bond motifs is 4. The molecule has 14 nitrogen and oxygen atoms in total. The first kappa shape index (κ1) is 26.2. The quantitative estimate of drug-likeness (QED) is 0.139. The summed E-state index contributed by atoms with van der Waals surface area (Å²) in [6.45, 7) is 2.57. The van der Waals surface area contributed by atoms with Crippen LogP contribution in [0, 0.1) is 5.92 Å². The molecule has 5 aliphatic rings. The molecule has 0 aliphatic carbocycles. The van der Waals surface area contributed by atoms with Crippen LogP contribution in [0.2, 0.25) is 0 Å². The molecule has 6 rings (SSSR count). The number of carboxylic acids is 1. The molecule has 6 heterocycles. The van der Waals surface area contributed by atoms with Gasteiger partial charge in [0.15, 0.2) is 16.9 Å². The van der Waals surface area contributed by atoms with Gasteiger partial charge in [0.1, 0.15) is 37.3 Å². The van der Waals surface area contributed by atoms with Gasteiger partial charge < -0.3 is 40.7 Å². The number of rotatable bonds is 8. The second kappa shape index (κ2) is 10.1. The van der Waals surface area contributed by atoms with E-state index in [4.69, 9.17) is 21.0 Å². The summed E-state index contributed by atoms with van der Waals surface area (Å²) in [5.74, 6) is -2.12. The average Bonchev–Trinajstić information content (AvgIpc) is 3.31. The molecule has 204 valence electrons. The topological polar surface area (TPSA) is 202 Å². The minimum absolute atomic E-state index is 0.152. The Morgan fingerprint density at radius 1 is 1.34 bits per heavy atom. The average molecular weight is 566 g/mol. The van der Waals surface area contributed by atoms with Crippen LogP contribution in [0.5, 0.6) is 0 Å². The Balaban J connectivity index is 1.33. The van der Waals surface area contributed by atoms with Crippen LogP contribution in [0.3, 0.4) is 0 Å². The maximum absolute atomic E-state index is 13.1. The number of ether oxygens (including phenoxy) is 1. The second-order valence-corrected chi connectivity index (χ2v) is 11.7. The summed E-state index contributed by atoms with van der Waals surface area (Å²) in [5, 5.41) is 19.8. The molecular weight excluding hydrogens is 538 g/mol. The van der Waals surface area contributed by atoms with Gasteiger partial charge in [-0.05, 0) is 0 Å². The number of carboxylic acid groups (broad SMARTS) is 1. The number of nitrogens with zero attached hydrogens (tertiary/aromatic N) is 4. The third-order valence-electron chi connectivity index (χ3n) is 7.52. The number of piperidine rings is 3. The smallest absolute Gasteiger partial charge is 0.404 e. The normalized spacial score (nSPS) is 30.4. The molecule has 1 aromatic rings. The van der Waals surface area contributed by atoms with E-state index < -0.39 is 35.3 Å². The minimum Gasteiger partial charge on any atom is -0.543 e. The molecule has 5 N–H and O–H groups in total. The van der Waals surface area contributed by atoms with E-state index in [1.165, 1.54) is 29.2 Å². The number of oxime groups is 1. The van der Waals surface area contributed by atoms with Crippen molar-refractivity contribution in [2.24, 2.45) is 16.8 Å². The number of quaternary nitrogens is 1. The van der Waals surface area contributed by atoms with Crippen LogP contribution in [-0.4, -0.2) is 101 Å². The number of nitrogens with two attached hydrogens (primary N) is 2. The van der Waals surface area contributed by atoms with Gasteiger partial charge in [0.05, 0.1) is 24.8 Å². The fraction of sp³-hybridized carbons (Fsp3) is 0.545.